The number of hydrogen-bond acceptors (Lipinski definition) is 3. The summed E-state index contributed by atoms with van der Waals surface area (Å²) < 4.78 is 37.0. The normalized spacial score (nSPS) is 11.2. The van der Waals surface area contributed by atoms with E-state index in [4.69, 9.17) is 0 Å². The SMILES string of the molecule is CCC[Si](C(=O)CF)(C(=O)CF)C(=O)CF. The van der Waals surface area contributed by atoms with Crippen molar-refractivity contribution < 1.29 is 27.6 Å². The molecule has 0 rings (SSSR count). The van der Waals surface area contributed by atoms with Crippen molar-refractivity contribution in [1.82, 2.24) is 0 Å². The van der Waals surface area contributed by atoms with Crippen LogP contribution in [0.3, 0.4) is 0 Å². The Labute approximate surface area is 92.0 Å². The Hall–Kier alpha value is -0.983. The van der Waals surface area contributed by atoms with Crippen LogP contribution in [0, 0.1) is 0 Å². The first-order valence-corrected chi connectivity index (χ1v) is 6.99. The first kappa shape index (κ1) is 15.0. The van der Waals surface area contributed by atoms with Crippen LogP contribution in [0.1, 0.15) is 13.3 Å². The number of carbonyl (C=O) groups excluding carboxylic acids is 3. The molecule has 0 atom stereocenters. The lowest BCUT2D eigenvalue weighted by atomic mass is 10.6. The summed E-state index contributed by atoms with van der Waals surface area (Å²) in [5, 5.41) is -3.67. The minimum Gasteiger partial charge on any atom is -0.301 e. The standard InChI is InChI=1S/C9H13F3O3Si/c1-2-3-16(7(13)4-10,8(14)5-11)9(15)6-12/h2-6H2,1H3. The van der Waals surface area contributed by atoms with Gasteiger partial charge in [0.15, 0.2) is 16.2 Å². The number of hydrogen-bond donors (Lipinski definition) is 0. The molecule has 0 radical (unpaired) electrons. The van der Waals surface area contributed by atoms with Crippen molar-refractivity contribution in [3.05, 3.63) is 0 Å². The first-order chi connectivity index (χ1) is 7.50. The molecule has 0 unspecified atom stereocenters. The zero-order valence-electron chi connectivity index (χ0n) is 8.89. The van der Waals surface area contributed by atoms with Crippen molar-refractivity contribution >= 4 is 24.3 Å². The maximum absolute atomic E-state index is 12.3. The summed E-state index contributed by atoms with van der Waals surface area (Å²) in [6, 6.07) is -0.221. The summed E-state index contributed by atoms with van der Waals surface area (Å²) in [4.78, 5) is 34.0. The lowest BCUT2D eigenvalue weighted by molar-refractivity contribution is -0.121. The van der Waals surface area contributed by atoms with Crippen LogP contribution in [-0.4, -0.2) is 44.3 Å². The Morgan fingerprint density at radius 1 is 0.875 bits per heavy atom. The van der Waals surface area contributed by atoms with Gasteiger partial charge in [-0.25, -0.2) is 13.2 Å². The van der Waals surface area contributed by atoms with Gasteiger partial charge in [0.1, 0.15) is 20.0 Å². The van der Waals surface area contributed by atoms with Gasteiger partial charge < -0.3 is 14.4 Å². The second-order valence-corrected chi connectivity index (χ2v) is 7.31. The molecule has 0 aliphatic heterocycles. The second kappa shape index (κ2) is 6.57. The van der Waals surface area contributed by atoms with Crippen LogP contribution in [0.15, 0.2) is 0 Å². The summed E-state index contributed by atoms with van der Waals surface area (Å²) in [6.07, 6.45) is 0.232. The second-order valence-electron chi connectivity index (χ2n) is 3.33. The molecular formula is C9H13F3O3Si. The maximum Gasteiger partial charge on any atom is 0.290 e. The number of halogens is 3. The number of alkyl halides is 3. The summed E-state index contributed by atoms with van der Waals surface area (Å²) in [6.45, 7) is -3.01. The molecule has 92 valence electrons. The Morgan fingerprint density at radius 2 is 1.19 bits per heavy atom. The molecule has 0 spiro atoms. The molecule has 0 saturated carbocycles. The Bertz CT molecular complexity index is 253. The minimum atomic E-state index is -4.15. The highest BCUT2D eigenvalue weighted by Crippen LogP contribution is 2.18. The van der Waals surface area contributed by atoms with Crippen LogP contribution >= 0.6 is 0 Å². The van der Waals surface area contributed by atoms with Crippen LogP contribution in [-0.2, 0) is 14.4 Å². The molecule has 0 aliphatic rings. The molecule has 0 aliphatic carbocycles. The molecule has 3 nitrogen and oxygen atoms in total. The van der Waals surface area contributed by atoms with E-state index in [-0.39, 0.29) is 12.5 Å². The van der Waals surface area contributed by atoms with Crippen LogP contribution in [0.5, 0.6) is 0 Å². The zero-order valence-corrected chi connectivity index (χ0v) is 9.89. The zero-order chi connectivity index (χ0) is 12.8. The van der Waals surface area contributed by atoms with Gasteiger partial charge in [0, 0.05) is 0 Å². The lowest BCUT2D eigenvalue weighted by Crippen LogP contribution is -2.61. The molecular weight excluding hydrogens is 241 g/mol. The van der Waals surface area contributed by atoms with Crippen molar-refractivity contribution in [3.63, 3.8) is 0 Å². The quantitative estimate of drug-likeness (QED) is 0.609. The molecule has 0 aromatic rings. The van der Waals surface area contributed by atoms with E-state index in [2.05, 4.69) is 0 Å². The van der Waals surface area contributed by atoms with Gasteiger partial charge in [-0.05, 0) is 6.04 Å². The molecule has 0 fully saturated rings. The van der Waals surface area contributed by atoms with Crippen LogP contribution in [0.2, 0.25) is 6.04 Å². The van der Waals surface area contributed by atoms with E-state index in [1.165, 1.54) is 0 Å². The van der Waals surface area contributed by atoms with Gasteiger partial charge in [0.2, 0.25) is 0 Å². The molecule has 7 heteroatoms. The average Bonchev–Trinajstić information content (AvgIpc) is 2.32. The highest BCUT2D eigenvalue weighted by atomic mass is 28.3. The fourth-order valence-electron chi connectivity index (χ4n) is 1.60. The monoisotopic (exact) mass is 254 g/mol. The van der Waals surface area contributed by atoms with Gasteiger partial charge in [0.25, 0.3) is 8.07 Å². The van der Waals surface area contributed by atoms with Crippen LogP contribution in [0.25, 0.3) is 0 Å². The molecule has 16 heavy (non-hydrogen) atoms. The Balaban J connectivity index is 5.47. The Kier molecular flexibility index (Phi) is 6.16. The van der Waals surface area contributed by atoms with E-state index in [0.717, 1.165) is 0 Å². The molecule has 0 amide bonds. The highest BCUT2D eigenvalue weighted by molar-refractivity contribution is 7.40. The van der Waals surface area contributed by atoms with Gasteiger partial charge in [0.05, 0.1) is 0 Å². The van der Waals surface area contributed by atoms with Gasteiger partial charge in [-0.3, -0.25) is 0 Å². The predicted octanol–water partition coefficient (Wildman–Crippen LogP) is 1.08. The molecule has 0 N–H and O–H groups in total. The highest BCUT2D eigenvalue weighted by Gasteiger charge is 2.54. The maximum atomic E-state index is 12.3. The molecule has 0 aromatic heterocycles. The predicted molar refractivity (Wildman–Crippen MR) is 53.8 cm³/mol. The van der Waals surface area contributed by atoms with Crippen LogP contribution < -0.4 is 0 Å². The molecule has 0 bridgehead atoms. The summed E-state index contributed by atoms with van der Waals surface area (Å²) in [7, 11) is -4.15. The van der Waals surface area contributed by atoms with E-state index in [0.29, 0.717) is 0 Å². The third-order valence-corrected chi connectivity index (χ3v) is 6.92. The van der Waals surface area contributed by atoms with Crippen molar-refractivity contribution in [2.45, 2.75) is 19.4 Å². The first-order valence-electron chi connectivity index (χ1n) is 4.79. The smallest absolute Gasteiger partial charge is 0.290 e. The molecule has 0 saturated heterocycles. The van der Waals surface area contributed by atoms with Crippen molar-refractivity contribution in [1.29, 1.82) is 0 Å². The molecule has 0 aromatic carbocycles. The number of carbonyl (C=O) groups is 3. The van der Waals surface area contributed by atoms with Crippen molar-refractivity contribution in [2.24, 2.45) is 0 Å². The fraction of sp³-hybridized carbons (Fsp3) is 0.667. The number of rotatable bonds is 8. The van der Waals surface area contributed by atoms with Gasteiger partial charge in [-0.2, -0.15) is 0 Å². The van der Waals surface area contributed by atoms with E-state index in [1.54, 1.807) is 6.92 Å². The minimum absolute atomic E-state index is 0.221. The van der Waals surface area contributed by atoms with Crippen LogP contribution in [0.4, 0.5) is 13.2 Å². The van der Waals surface area contributed by atoms with Gasteiger partial charge in [-0.15, -0.1) is 0 Å². The van der Waals surface area contributed by atoms with Crippen molar-refractivity contribution in [3.8, 4) is 0 Å². The van der Waals surface area contributed by atoms with Crippen molar-refractivity contribution in [2.75, 3.05) is 20.0 Å². The van der Waals surface area contributed by atoms with E-state index >= 15 is 0 Å². The fourth-order valence-corrected chi connectivity index (χ4v) is 4.81. The third kappa shape index (κ3) is 2.58. The average molecular weight is 254 g/mol. The summed E-state index contributed by atoms with van der Waals surface area (Å²) in [5.74, 6) is 0. The van der Waals surface area contributed by atoms with E-state index in [1.807, 2.05) is 0 Å². The van der Waals surface area contributed by atoms with E-state index in [9.17, 15) is 27.6 Å². The summed E-state index contributed by atoms with van der Waals surface area (Å²) >= 11 is 0. The topological polar surface area (TPSA) is 51.2 Å². The van der Waals surface area contributed by atoms with Gasteiger partial charge >= 0.3 is 0 Å². The largest absolute Gasteiger partial charge is 0.301 e. The van der Waals surface area contributed by atoms with Gasteiger partial charge in [-0.1, -0.05) is 13.3 Å². The lowest BCUT2D eigenvalue weighted by Gasteiger charge is -2.22. The van der Waals surface area contributed by atoms with E-state index < -0.39 is 44.3 Å². The Morgan fingerprint density at radius 3 is 1.38 bits per heavy atom. The third-order valence-electron chi connectivity index (χ3n) is 2.42. The summed E-state index contributed by atoms with van der Waals surface area (Å²) in [5.41, 5.74) is 0. The molecule has 0 heterocycles.